The summed E-state index contributed by atoms with van der Waals surface area (Å²) in [6.45, 7) is 3.57. The third-order valence-corrected chi connectivity index (χ3v) is 2.59. The van der Waals surface area contributed by atoms with Crippen molar-refractivity contribution < 1.29 is 8.85 Å². The number of hydrogen-bond donors (Lipinski definition) is 0. The lowest BCUT2D eigenvalue weighted by Crippen LogP contribution is -2.30. The molecule has 0 aliphatic rings. The van der Waals surface area contributed by atoms with Gasteiger partial charge in [-0.1, -0.05) is 46.4 Å². The van der Waals surface area contributed by atoms with Crippen molar-refractivity contribution in [3.05, 3.63) is 21.5 Å². The fraction of sp³-hybridized carbons (Fsp3) is 0.333. The van der Waals surface area contributed by atoms with E-state index in [4.69, 9.17) is 55.3 Å². The van der Waals surface area contributed by atoms with Crippen LogP contribution in [0.25, 0.3) is 0 Å². The molecule has 0 N–H and O–H groups in total. The standard InChI is InChI=1S/C6H8Cl4O2Si/c1-13(2,11-3-5(7)8)12-4-6(9)10/h3-4H,1-2H3. The predicted octanol–water partition coefficient (Wildman–Crippen LogP) is 4.27. The molecular weight excluding hydrogens is 274 g/mol. The van der Waals surface area contributed by atoms with Crippen LogP contribution in [-0.4, -0.2) is 8.56 Å². The van der Waals surface area contributed by atoms with Gasteiger partial charge in [0, 0.05) is 13.1 Å². The zero-order valence-electron chi connectivity index (χ0n) is 6.98. The third kappa shape index (κ3) is 8.78. The number of rotatable bonds is 4. The molecule has 0 amide bonds. The van der Waals surface area contributed by atoms with Gasteiger partial charge in [-0.05, 0) is 0 Å². The van der Waals surface area contributed by atoms with Crippen LogP contribution in [-0.2, 0) is 8.85 Å². The van der Waals surface area contributed by atoms with E-state index in [1.54, 1.807) is 13.1 Å². The molecule has 0 unspecified atom stereocenters. The average Bonchev–Trinajstić information content (AvgIpc) is 1.98. The summed E-state index contributed by atoms with van der Waals surface area (Å²) in [7, 11) is -2.32. The largest absolute Gasteiger partial charge is 0.516 e. The number of hydrogen-bond acceptors (Lipinski definition) is 2. The van der Waals surface area contributed by atoms with Gasteiger partial charge in [0.2, 0.25) is 0 Å². The Hall–Kier alpha value is 0.457. The molecule has 0 bridgehead atoms. The molecule has 0 fully saturated rings. The number of halogens is 4. The smallest absolute Gasteiger partial charge is 0.453 e. The Bertz CT molecular complexity index is 197. The summed E-state index contributed by atoms with van der Waals surface area (Å²) in [5, 5.41) is 0. The highest BCUT2D eigenvalue weighted by Gasteiger charge is 2.26. The summed E-state index contributed by atoms with van der Waals surface area (Å²) < 4.78 is 10.4. The van der Waals surface area contributed by atoms with Crippen molar-refractivity contribution >= 4 is 55.0 Å². The van der Waals surface area contributed by atoms with E-state index in [2.05, 4.69) is 0 Å². The Kier molecular flexibility index (Phi) is 6.25. The molecule has 7 heteroatoms. The predicted molar refractivity (Wildman–Crippen MR) is 59.2 cm³/mol. The van der Waals surface area contributed by atoms with Gasteiger partial charge in [-0.15, -0.1) is 0 Å². The van der Waals surface area contributed by atoms with Gasteiger partial charge >= 0.3 is 8.56 Å². The molecule has 0 heterocycles. The summed E-state index contributed by atoms with van der Waals surface area (Å²) in [4.78, 5) is 0. The average molecular weight is 282 g/mol. The minimum atomic E-state index is -2.32. The van der Waals surface area contributed by atoms with Crippen molar-refractivity contribution in [3.8, 4) is 0 Å². The summed E-state index contributed by atoms with van der Waals surface area (Å²) in [6.07, 6.45) is 2.43. The van der Waals surface area contributed by atoms with E-state index in [-0.39, 0.29) is 8.98 Å². The van der Waals surface area contributed by atoms with Gasteiger partial charge in [-0.3, -0.25) is 0 Å². The maximum atomic E-state index is 5.35. The molecule has 0 aliphatic heterocycles. The second-order valence-corrected chi connectivity index (χ2v) is 7.74. The van der Waals surface area contributed by atoms with Crippen molar-refractivity contribution in [3.63, 3.8) is 0 Å². The first-order chi connectivity index (χ1) is 5.83. The second kappa shape index (κ2) is 6.04. The van der Waals surface area contributed by atoms with E-state index in [1.807, 2.05) is 0 Å². The second-order valence-electron chi connectivity index (χ2n) is 2.45. The molecule has 0 aromatic heterocycles. The van der Waals surface area contributed by atoms with Crippen molar-refractivity contribution in [1.29, 1.82) is 0 Å². The molecule has 0 rings (SSSR count). The molecule has 13 heavy (non-hydrogen) atoms. The van der Waals surface area contributed by atoms with Crippen LogP contribution in [0.4, 0.5) is 0 Å². The third-order valence-electron chi connectivity index (χ3n) is 0.864. The van der Waals surface area contributed by atoms with Crippen molar-refractivity contribution in [2.75, 3.05) is 0 Å². The lowest BCUT2D eigenvalue weighted by molar-refractivity contribution is 0.319. The van der Waals surface area contributed by atoms with Gasteiger partial charge < -0.3 is 8.85 Å². The Morgan fingerprint density at radius 2 is 1.23 bits per heavy atom. The first kappa shape index (κ1) is 13.5. The highest BCUT2D eigenvalue weighted by atomic mass is 35.5. The highest BCUT2D eigenvalue weighted by molar-refractivity contribution is 6.65. The first-order valence-corrected chi connectivity index (χ1v) is 7.54. The molecule has 0 aromatic rings. The van der Waals surface area contributed by atoms with Crippen LogP contribution in [0.2, 0.25) is 13.1 Å². The topological polar surface area (TPSA) is 18.5 Å². The SMILES string of the molecule is C[Si](C)(OC=C(Cl)Cl)OC=C(Cl)Cl. The van der Waals surface area contributed by atoms with E-state index in [0.717, 1.165) is 0 Å². The fourth-order valence-electron chi connectivity index (χ4n) is 0.401. The molecule has 76 valence electrons. The van der Waals surface area contributed by atoms with Crippen molar-refractivity contribution in [2.45, 2.75) is 13.1 Å². The van der Waals surface area contributed by atoms with Gasteiger partial charge in [0.05, 0.1) is 12.5 Å². The Morgan fingerprint density at radius 3 is 1.46 bits per heavy atom. The summed E-state index contributed by atoms with van der Waals surface area (Å²) in [6, 6.07) is 0. The molecule has 0 aromatic carbocycles. The first-order valence-electron chi connectivity index (χ1n) is 3.21. The van der Waals surface area contributed by atoms with E-state index in [0.29, 0.717) is 0 Å². The minimum absolute atomic E-state index is 0.0325. The molecule has 0 atom stereocenters. The molecule has 0 radical (unpaired) electrons. The molecule has 2 nitrogen and oxygen atoms in total. The van der Waals surface area contributed by atoms with Crippen LogP contribution in [0.3, 0.4) is 0 Å². The summed E-state index contributed by atoms with van der Waals surface area (Å²) in [5.74, 6) is 0. The van der Waals surface area contributed by atoms with E-state index < -0.39 is 8.56 Å². The summed E-state index contributed by atoms with van der Waals surface area (Å²) >= 11 is 21.4. The zero-order valence-corrected chi connectivity index (χ0v) is 11.0. The van der Waals surface area contributed by atoms with E-state index in [9.17, 15) is 0 Å². The lowest BCUT2D eigenvalue weighted by Gasteiger charge is -2.19. The lowest BCUT2D eigenvalue weighted by atomic mass is 11.2. The van der Waals surface area contributed by atoms with Crippen LogP contribution in [0, 0.1) is 0 Å². The van der Waals surface area contributed by atoms with Gasteiger partial charge in [0.1, 0.15) is 8.98 Å². The Labute approximate surface area is 98.3 Å². The Morgan fingerprint density at radius 1 is 0.923 bits per heavy atom. The van der Waals surface area contributed by atoms with E-state index in [1.165, 1.54) is 12.5 Å². The highest BCUT2D eigenvalue weighted by Crippen LogP contribution is 2.15. The van der Waals surface area contributed by atoms with Crippen molar-refractivity contribution in [2.24, 2.45) is 0 Å². The molecular formula is C6H8Cl4O2Si. The zero-order chi connectivity index (χ0) is 10.5. The fourth-order valence-corrected chi connectivity index (χ4v) is 1.74. The monoisotopic (exact) mass is 280 g/mol. The normalized spacial score (nSPS) is 10.3. The molecule has 0 spiro atoms. The molecule has 0 aliphatic carbocycles. The molecule has 0 saturated heterocycles. The maximum Gasteiger partial charge on any atom is 0.453 e. The van der Waals surface area contributed by atoms with Crippen LogP contribution in [0.1, 0.15) is 0 Å². The van der Waals surface area contributed by atoms with E-state index >= 15 is 0 Å². The summed E-state index contributed by atoms with van der Waals surface area (Å²) in [5.41, 5.74) is 0. The molecule has 0 saturated carbocycles. The van der Waals surface area contributed by atoms with Gasteiger partial charge in [0.15, 0.2) is 0 Å². The van der Waals surface area contributed by atoms with Crippen LogP contribution < -0.4 is 0 Å². The van der Waals surface area contributed by atoms with Crippen LogP contribution >= 0.6 is 46.4 Å². The minimum Gasteiger partial charge on any atom is -0.516 e. The van der Waals surface area contributed by atoms with Crippen LogP contribution in [0.15, 0.2) is 21.5 Å². The van der Waals surface area contributed by atoms with Gasteiger partial charge in [0.25, 0.3) is 0 Å². The maximum absolute atomic E-state index is 5.35. The van der Waals surface area contributed by atoms with Crippen molar-refractivity contribution in [1.82, 2.24) is 0 Å². The van der Waals surface area contributed by atoms with Gasteiger partial charge in [-0.25, -0.2) is 0 Å². The quantitative estimate of drug-likeness (QED) is 0.566. The van der Waals surface area contributed by atoms with Gasteiger partial charge in [-0.2, -0.15) is 0 Å². The Balaban J connectivity index is 4.09. The van der Waals surface area contributed by atoms with Crippen LogP contribution in [0.5, 0.6) is 0 Å².